The molecule has 0 spiro atoms. The highest BCUT2D eigenvalue weighted by atomic mass is 32.1. The van der Waals surface area contributed by atoms with Crippen molar-refractivity contribution in [2.75, 3.05) is 6.54 Å². The van der Waals surface area contributed by atoms with Crippen molar-refractivity contribution in [2.24, 2.45) is 11.3 Å². The van der Waals surface area contributed by atoms with Crippen molar-refractivity contribution in [1.29, 1.82) is 0 Å². The van der Waals surface area contributed by atoms with Crippen LogP contribution in [0.4, 0.5) is 0 Å². The molecule has 0 bridgehead atoms. The number of aliphatic hydroxyl groups is 1. The molecular weight excluding hydrogens is 761 g/mol. The topological polar surface area (TPSA) is 158 Å². The van der Waals surface area contributed by atoms with Gasteiger partial charge in [0.1, 0.15) is 17.8 Å². The number of aromatic hydroxyl groups is 1. The number of hydrogen-bond acceptors (Lipinski definition) is 9. The number of β-amino-alcohol motifs (C(OH)–C–C–N with tert-alkyl or cyclic N) is 1. The normalized spacial score (nSPS) is 20.5. The number of rotatable bonds is 11. The van der Waals surface area contributed by atoms with E-state index in [1.165, 1.54) is 10.5 Å². The predicted octanol–water partition coefficient (Wildman–Crippen LogP) is 7.98. The summed E-state index contributed by atoms with van der Waals surface area (Å²) >= 11 is 1.59. The maximum atomic E-state index is 14.2. The zero-order valence-corrected chi connectivity index (χ0v) is 35.2. The molecule has 1 saturated carbocycles. The number of phenols is 1. The lowest BCUT2D eigenvalue weighted by molar-refractivity contribution is -0.144. The van der Waals surface area contributed by atoms with Gasteiger partial charge in [-0.1, -0.05) is 81.4 Å². The van der Waals surface area contributed by atoms with Crippen LogP contribution in [0.25, 0.3) is 32.8 Å². The van der Waals surface area contributed by atoms with Crippen LogP contribution in [0.15, 0.2) is 90.6 Å². The lowest BCUT2D eigenvalue weighted by atomic mass is 9.77. The summed E-state index contributed by atoms with van der Waals surface area (Å²) in [6.45, 7) is 9.64. The highest BCUT2D eigenvalue weighted by Crippen LogP contribution is 2.38. The summed E-state index contributed by atoms with van der Waals surface area (Å²) in [6.07, 6.45) is 5.07. The third-order valence-corrected chi connectivity index (χ3v) is 12.9. The van der Waals surface area contributed by atoms with E-state index < -0.39 is 23.6 Å². The number of likely N-dealkylation sites (tertiary alicyclic amines) is 1. The summed E-state index contributed by atoms with van der Waals surface area (Å²) < 4.78 is 0. The fraction of sp³-hybridized carbons (Fsp3) is 0.404. The Bertz CT molecular complexity index is 2260. The summed E-state index contributed by atoms with van der Waals surface area (Å²) in [4.78, 5) is 48.4. The van der Waals surface area contributed by atoms with Crippen LogP contribution in [0.1, 0.15) is 95.0 Å². The molecule has 1 unspecified atom stereocenters. The van der Waals surface area contributed by atoms with Crippen LogP contribution in [-0.4, -0.2) is 72.7 Å². The third kappa shape index (κ3) is 9.71. The second-order valence-corrected chi connectivity index (χ2v) is 18.1. The maximum Gasteiger partial charge on any atom is 0.246 e. The molecule has 7 rings (SSSR count). The van der Waals surface area contributed by atoms with Crippen molar-refractivity contribution < 1.29 is 24.6 Å². The number of benzene rings is 3. The zero-order chi connectivity index (χ0) is 41.8. The number of phenolic OH excluding ortho intramolecular Hbond substituents is 1. The molecule has 2 aromatic heterocycles. The Morgan fingerprint density at radius 3 is 2.27 bits per heavy atom. The Balaban J connectivity index is 0.924. The van der Waals surface area contributed by atoms with Gasteiger partial charge in [0.05, 0.1) is 40.1 Å². The van der Waals surface area contributed by atoms with E-state index in [4.69, 9.17) is 0 Å². The molecule has 3 amide bonds. The lowest BCUT2D eigenvalue weighted by Crippen LogP contribution is -2.58. The van der Waals surface area contributed by atoms with Crippen LogP contribution in [0.5, 0.6) is 5.75 Å². The number of amides is 3. The van der Waals surface area contributed by atoms with Gasteiger partial charge >= 0.3 is 0 Å². The summed E-state index contributed by atoms with van der Waals surface area (Å²) in [5, 5.41) is 35.5. The number of carbonyl (C=O) groups is 3. The van der Waals surface area contributed by atoms with E-state index in [0.29, 0.717) is 23.6 Å². The molecule has 1 aliphatic heterocycles. The quantitative estimate of drug-likeness (QED) is 0.105. The molecule has 2 aliphatic rings. The first-order chi connectivity index (χ1) is 28.2. The number of carbonyl (C=O) groups excluding carboxylic acids is 3. The van der Waals surface area contributed by atoms with E-state index in [-0.39, 0.29) is 48.4 Å². The Morgan fingerprint density at radius 1 is 0.915 bits per heavy atom. The van der Waals surface area contributed by atoms with E-state index in [1.54, 1.807) is 29.7 Å². The number of thiazole rings is 1. The van der Waals surface area contributed by atoms with E-state index in [1.807, 2.05) is 82.6 Å². The van der Waals surface area contributed by atoms with Crippen molar-refractivity contribution in [3.63, 3.8) is 0 Å². The van der Waals surface area contributed by atoms with Crippen LogP contribution in [-0.2, 0) is 14.4 Å². The van der Waals surface area contributed by atoms with Crippen molar-refractivity contribution >= 4 is 29.1 Å². The first kappa shape index (κ1) is 41.7. The van der Waals surface area contributed by atoms with Crippen molar-refractivity contribution in [3.8, 4) is 38.6 Å². The Labute approximate surface area is 350 Å². The molecule has 308 valence electrons. The number of aliphatic hydroxyl groups excluding tert-OH is 1. The Kier molecular flexibility index (Phi) is 12.6. The minimum absolute atomic E-state index is 0.0281. The predicted molar refractivity (Wildman–Crippen MR) is 230 cm³/mol. The molecule has 1 aliphatic carbocycles. The van der Waals surface area contributed by atoms with E-state index in [2.05, 4.69) is 50.1 Å². The minimum Gasteiger partial charge on any atom is -0.507 e. The molecule has 1 saturated heterocycles. The average Bonchev–Trinajstić information content (AvgIpc) is 3.85. The minimum atomic E-state index is -0.865. The van der Waals surface area contributed by atoms with Crippen LogP contribution >= 0.6 is 11.3 Å². The molecule has 3 heterocycles. The Hall–Kier alpha value is -5.46. The molecule has 3 aromatic carbocycles. The van der Waals surface area contributed by atoms with Crippen molar-refractivity contribution in [1.82, 2.24) is 30.7 Å². The van der Waals surface area contributed by atoms with Gasteiger partial charge in [-0.25, -0.2) is 4.98 Å². The molecule has 4 N–H and O–H groups in total. The third-order valence-electron chi connectivity index (χ3n) is 11.9. The number of hydrogen-bond donors (Lipinski definition) is 4. The van der Waals surface area contributed by atoms with Gasteiger partial charge in [0.2, 0.25) is 17.7 Å². The lowest BCUT2D eigenvalue weighted by Gasteiger charge is -2.36. The summed E-state index contributed by atoms with van der Waals surface area (Å²) in [5.74, 6) is -0.113. The summed E-state index contributed by atoms with van der Waals surface area (Å²) in [6, 6.07) is 23.5. The van der Waals surface area contributed by atoms with Crippen molar-refractivity contribution in [3.05, 3.63) is 107 Å². The molecule has 59 heavy (non-hydrogen) atoms. The smallest absolute Gasteiger partial charge is 0.246 e. The highest BCUT2D eigenvalue weighted by molar-refractivity contribution is 7.13. The molecule has 0 radical (unpaired) electrons. The first-order valence-electron chi connectivity index (χ1n) is 20.5. The van der Waals surface area contributed by atoms with E-state index in [9.17, 15) is 24.6 Å². The van der Waals surface area contributed by atoms with Crippen LogP contribution in [0.3, 0.4) is 0 Å². The highest BCUT2D eigenvalue weighted by Gasteiger charge is 2.45. The average molecular weight is 815 g/mol. The summed E-state index contributed by atoms with van der Waals surface area (Å²) in [5.41, 5.74) is 8.60. The van der Waals surface area contributed by atoms with Crippen LogP contribution in [0, 0.1) is 18.3 Å². The maximum absolute atomic E-state index is 14.2. The van der Waals surface area contributed by atoms with Gasteiger partial charge in [-0.2, -0.15) is 10.2 Å². The molecule has 12 heteroatoms. The fourth-order valence-electron chi connectivity index (χ4n) is 8.49. The standard InChI is InChI=1S/C47H54N6O5S/c1-28(31-14-20-35(21-15-31)43-29(2)48-27-59-43)50-45(57)40-24-37(54)26-53(40)46(58)44(47(3,4)5)51-42(56)22-30-10-12-32(13-11-30)33-16-18-34(19-17-33)36-23-39(52-49-25-36)38-8-6-7-9-41(38)55/h6-9,14-21,23,25,27-28,30,32,37,40,44,54-55H,10-13,22,24,26H2,1-5H3,(H,50,57)(H,51,56)/t28-,30?,32?,37+,40-,44?/m0/s1. The monoisotopic (exact) mass is 814 g/mol. The first-order valence-corrected chi connectivity index (χ1v) is 21.4. The number of nitrogens with zero attached hydrogens (tertiary/aromatic N) is 4. The number of para-hydroxylation sites is 1. The largest absolute Gasteiger partial charge is 0.507 e. The SMILES string of the molecule is Cc1ncsc1-c1ccc([C@H](C)NC(=O)[C@@H]2C[C@@H](O)CN2C(=O)C(NC(=O)CC2CCC(c3ccc(-c4cnnc(-c5ccccc5O)c4)cc3)CC2)C(C)(C)C)cc1. The molecule has 5 aromatic rings. The van der Waals surface area contributed by atoms with Gasteiger partial charge in [-0.05, 0) is 97.2 Å². The number of aromatic nitrogens is 3. The van der Waals surface area contributed by atoms with Gasteiger partial charge in [-0.3, -0.25) is 14.4 Å². The van der Waals surface area contributed by atoms with Gasteiger partial charge in [-0.15, -0.1) is 11.3 Å². The number of nitrogens with one attached hydrogen (secondary N) is 2. The molecular formula is C47H54N6O5S. The van der Waals surface area contributed by atoms with Crippen LogP contribution < -0.4 is 10.6 Å². The molecule has 11 nitrogen and oxygen atoms in total. The van der Waals surface area contributed by atoms with Gasteiger partial charge in [0.15, 0.2) is 0 Å². The van der Waals surface area contributed by atoms with Gasteiger partial charge in [0, 0.05) is 30.5 Å². The van der Waals surface area contributed by atoms with E-state index in [0.717, 1.165) is 58.5 Å². The van der Waals surface area contributed by atoms with Crippen LogP contribution in [0.2, 0.25) is 0 Å². The van der Waals surface area contributed by atoms with Crippen molar-refractivity contribution in [2.45, 2.75) is 103 Å². The zero-order valence-electron chi connectivity index (χ0n) is 34.4. The Morgan fingerprint density at radius 2 is 1.61 bits per heavy atom. The van der Waals surface area contributed by atoms with E-state index >= 15 is 0 Å². The van der Waals surface area contributed by atoms with Gasteiger partial charge < -0.3 is 25.7 Å². The second-order valence-electron chi connectivity index (χ2n) is 17.3. The number of aryl methyl sites for hydroxylation is 1. The molecule has 4 atom stereocenters. The van der Waals surface area contributed by atoms with Gasteiger partial charge in [0.25, 0.3) is 0 Å². The molecule has 2 fully saturated rings. The second kappa shape index (κ2) is 17.8. The summed E-state index contributed by atoms with van der Waals surface area (Å²) in [7, 11) is 0. The fourth-order valence-corrected chi connectivity index (χ4v) is 9.30.